The molecule has 0 radical (unpaired) electrons. The number of benzene rings is 2. The first kappa shape index (κ1) is 16.0. The molecule has 3 aromatic rings. The second-order valence-corrected chi connectivity index (χ2v) is 6.16. The van der Waals surface area contributed by atoms with Gasteiger partial charge in [0, 0.05) is 18.5 Å². The molecule has 1 atom stereocenters. The molecule has 0 spiro atoms. The van der Waals surface area contributed by atoms with E-state index < -0.39 is 12.0 Å². The molecule has 2 heterocycles. The van der Waals surface area contributed by atoms with Gasteiger partial charge in [-0.05, 0) is 29.3 Å². The van der Waals surface area contributed by atoms with Crippen molar-refractivity contribution in [2.24, 2.45) is 0 Å². The lowest BCUT2D eigenvalue weighted by Gasteiger charge is -2.34. The highest BCUT2D eigenvalue weighted by molar-refractivity contribution is 5.97. The third-order valence-electron chi connectivity index (χ3n) is 4.57. The van der Waals surface area contributed by atoms with E-state index in [1.54, 1.807) is 35.3 Å². The van der Waals surface area contributed by atoms with E-state index in [9.17, 15) is 14.7 Å². The van der Waals surface area contributed by atoms with Crippen LogP contribution in [-0.2, 0) is 17.8 Å². The standard InChI is InChI=1S/C19H16N4O3/c24-18(14-6-3-7-16(10-14)23-9-8-20-21-23)22-12-15-5-2-1-4-13(15)11-17(22)19(25)26/h1-10,17H,11-12H2,(H,25,26)/t17-/m1/s1. The fraction of sp³-hybridized carbons (Fsp3) is 0.158. The zero-order valence-corrected chi connectivity index (χ0v) is 13.8. The summed E-state index contributed by atoms with van der Waals surface area (Å²) in [6.07, 6.45) is 3.54. The Morgan fingerprint density at radius 1 is 1.08 bits per heavy atom. The Morgan fingerprint density at radius 3 is 2.62 bits per heavy atom. The van der Waals surface area contributed by atoms with Crippen LogP contribution in [0.2, 0.25) is 0 Å². The van der Waals surface area contributed by atoms with Crippen LogP contribution < -0.4 is 0 Å². The minimum absolute atomic E-state index is 0.277. The second kappa shape index (κ2) is 6.44. The molecule has 26 heavy (non-hydrogen) atoms. The molecule has 1 N–H and O–H groups in total. The highest BCUT2D eigenvalue weighted by Crippen LogP contribution is 2.25. The number of aromatic nitrogens is 3. The van der Waals surface area contributed by atoms with Gasteiger partial charge in [0.1, 0.15) is 6.04 Å². The lowest BCUT2D eigenvalue weighted by atomic mass is 9.93. The van der Waals surface area contributed by atoms with E-state index in [1.807, 2.05) is 30.3 Å². The number of carboxylic acid groups (broad SMARTS) is 1. The van der Waals surface area contributed by atoms with Crippen molar-refractivity contribution >= 4 is 11.9 Å². The molecule has 1 aromatic heterocycles. The summed E-state index contributed by atoms with van der Waals surface area (Å²) in [4.78, 5) is 26.2. The SMILES string of the molecule is O=C(O)[C@H]1Cc2ccccc2CN1C(=O)c1cccc(-n2ccnn2)c1. The van der Waals surface area contributed by atoms with Gasteiger partial charge in [-0.1, -0.05) is 35.5 Å². The maximum absolute atomic E-state index is 13.1. The Kier molecular flexibility index (Phi) is 3.96. The van der Waals surface area contributed by atoms with E-state index in [-0.39, 0.29) is 12.5 Å². The molecule has 1 aliphatic heterocycles. The molecular weight excluding hydrogens is 332 g/mol. The first-order valence-electron chi connectivity index (χ1n) is 8.21. The van der Waals surface area contributed by atoms with Gasteiger partial charge < -0.3 is 10.0 Å². The van der Waals surface area contributed by atoms with Crippen LogP contribution in [0.15, 0.2) is 60.9 Å². The van der Waals surface area contributed by atoms with Gasteiger partial charge in [-0.15, -0.1) is 5.10 Å². The van der Waals surface area contributed by atoms with E-state index in [0.717, 1.165) is 11.1 Å². The van der Waals surface area contributed by atoms with Gasteiger partial charge in [-0.2, -0.15) is 0 Å². The van der Waals surface area contributed by atoms with Gasteiger partial charge >= 0.3 is 5.97 Å². The number of hydrogen-bond donors (Lipinski definition) is 1. The topological polar surface area (TPSA) is 88.3 Å². The number of amides is 1. The molecule has 4 rings (SSSR count). The fourth-order valence-electron chi connectivity index (χ4n) is 3.25. The number of carbonyl (C=O) groups is 2. The monoisotopic (exact) mass is 348 g/mol. The predicted molar refractivity (Wildman–Crippen MR) is 92.8 cm³/mol. The lowest BCUT2D eigenvalue weighted by molar-refractivity contribution is -0.142. The van der Waals surface area contributed by atoms with Crippen molar-refractivity contribution in [3.63, 3.8) is 0 Å². The maximum Gasteiger partial charge on any atom is 0.326 e. The molecular formula is C19H16N4O3. The quantitative estimate of drug-likeness (QED) is 0.781. The van der Waals surface area contributed by atoms with Crippen molar-refractivity contribution in [1.29, 1.82) is 0 Å². The lowest BCUT2D eigenvalue weighted by Crippen LogP contribution is -2.48. The van der Waals surface area contributed by atoms with Crippen LogP contribution in [-0.4, -0.2) is 42.9 Å². The van der Waals surface area contributed by atoms with Gasteiger partial charge in [0.15, 0.2) is 0 Å². The number of carbonyl (C=O) groups excluding carboxylic acids is 1. The summed E-state index contributed by atoms with van der Waals surface area (Å²) in [5.74, 6) is -1.31. The molecule has 1 amide bonds. The van der Waals surface area contributed by atoms with Gasteiger partial charge in [-0.3, -0.25) is 4.79 Å². The van der Waals surface area contributed by atoms with Crippen LogP contribution in [0.3, 0.4) is 0 Å². The van der Waals surface area contributed by atoms with Crippen LogP contribution in [0.4, 0.5) is 0 Å². The summed E-state index contributed by atoms with van der Waals surface area (Å²) in [7, 11) is 0. The molecule has 7 nitrogen and oxygen atoms in total. The fourth-order valence-corrected chi connectivity index (χ4v) is 3.25. The summed E-state index contributed by atoms with van der Waals surface area (Å²) < 4.78 is 1.55. The number of fused-ring (bicyclic) bond motifs is 1. The Bertz CT molecular complexity index is 968. The molecule has 0 saturated heterocycles. The molecule has 0 bridgehead atoms. The van der Waals surface area contributed by atoms with E-state index in [0.29, 0.717) is 17.7 Å². The Morgan fingerprint density at radius 2 is 1.88 bits per heavy atom. The molecule has 0 saturated carbocycles. The van der Waals surface area contributed by atoms with E-state index >= 15 is 0 Å². The van der Waals surface area contributed by atoms with E-state index in [4.69, 9.17) is 0 Å². The van der Waals surface area contributed by atoms with E-state index in [2.05, 4.69) is 10.3 Å². The molecule has 130 valence electrons. The van der Waals surface area contributed by atoms with Crippen molar-refractivity contribution in [1.82, 2.24) is 19.9 Å². The maximum atomic E-state index is 13.1. The van der Waals surface area contributed by atoms with Crippen LogP contribution in [0.25, 0.3) is 5.69 Å². The average Bonchev–Trinajstić information content (AvgIpc) is 3.21. The van der Waals surface area contributed by atoms with Crippen LogP contribution >= 0.6 is 0 Å². The van der Waals surface area contributed by atoms with Crippen molar-refractivity contribution in [2.45, 2.75) is 19.0 Å². The third kappa shape index (κ3) is 2.83. The summed E-state index contributed by atoms with van der Waals surface area (Å²) >= 11 is 0. The van der Waals surface area contributed by atoms with Crippen molar-refractivity contribution in [2.75, 3.05) is 0 Å². The highest BCUT2D eigenvalue weighted by Gasteiger charge is 2.34. The Labute approximate surface area is 149 Å². The summed E-state index contributed by atoms with van der Waals surface area (Å²) in [5, 5.41) is 17.3. The van der Waals surface area contributed by atoms with Crippen molar-refractivity contribution < 1.29 is 14.7 Å². The number of aliphatic carboxylic acids is 1. The Hall–Kier alpha value is -3.48. The van der Waals surface area contributed by atoms with E-state index in [1.165, 1.54) is 4.90 Å². The Balaban J connectivity index is 1.68. The zero-order valence-electron chi connectivity index (χ0n) is 13.8. The van der Waals surface area contributed by atoms with Gasteiger partial charge in [0.05, 0.1) is 18.1 Å². The molecule has 2 aromatic carbocycles. The molecule has 0 aliphatic carbocycles. The third-order valence-corrected chi connectivity index (χ3v) is 4.57. The molecule has 7 heteroatoms. The van der Waals surface area contributed by atoms with Gasteiger partial charge in [0.25, 0.3) is 5.91 Å². The first-order valence-corrected chi connectivity index (χ1v) is 8.21. The summed E-state index contributed by atoms with van der Waals surface area (Å²) in [6, 6.07) is 13.7. The average molecular weight is 348 g/mol. The number of nitrogens with zero attached hydrogens (tertiary/aromatic N) is 4. The normalized spacial score (nSPS) is 16.2. The second-order valence-electron chi connectivity index (χ2n) is 6.16. The van der Waals surface area contributed by atoms with Crippen molar-refractivity contribution in [3.8, 4) is 5.69 Å². The van der Waals surface area contributed by atoms with Crippen LogP contribution in [0.1, 0.15) is 21.5 Å². The molecule has 0 unspecified atom stereocenters. The zero-order chi connectivity index (χ0) is 18.1. The van der Waals surface area contributed by atoms with Gasteiger partial charge in [-0.25, -0.2) is 9.48 Å². The number of hydrogen-bond acceptors (Lipinski definition) is 4. The number of carboxylic acids is 1. The van der Waals surface area contributed by atoms with Gasteiger partial charge in [0.2, 0.25) is 0 Å². The predicted octanol–water partition coefficient (Wildman–Crippen LogP) is 1.92. The highest BCUT2D eigenvalue weighted by atomic mass is 16.4. The smallest absolute Gasteiger partial charge is 0.326 e. The van der Waals surface area contributed by atoms with Crippen molar-refractivity contribution in [3.05, 3.63) is 77.6 Å². The van der Waals surface area contributed by atoms with Crippen LogP contribution in [0.5, 0.6) is 0 Å². The number of rotatable bonds is 3. The summed E-state index contributed by atoms with van der Waals surface area (Å²) in [6.45, 7) is 0.277. The first-order chi connectivity index (χ1) is 12.6. The minimum Gasteiger partial charge on any atom is -0.480 e. The minimum atomic E-state index is -1.000. The summed E-state index contributed by atoms with van der Waals surface area (Å²) in [5.41, 5.74) is 3.06. The van der Waals surface area contributed by atoms with Crippen LogP contribution in [0, 0.1) is 0 Å². The molecule has 0 fully saturated rings. The largest absolute Gasteiger partial charge is 0.480 e. The molecule has 1 aliphatic rings.